The number of nitrogens with zero attached hydrogens (tertiary/aromatic N) is 1. The standard InChI is InChI=1S/C25H18N2O4.Na/c28-23-9-7-18(17-10-12-26-13-11-17)14-21(23)24(29)27-22-15-19(6-8-20(22)25(30)31)16-4-2-1-3-5-16;/h1-15,28H,(H,27,29)(H,30,31);/q;+1/p-1. The molecule has 1 heterocycles. The van der Waals surface area contributed by atoms with E-state index >= 15 is 0 Å². The second-order valence-electron chi connectivity index (χ2n) is 6.84. The van der Waals surface area contributed by atoms with Crippen molar-refractivity contribution in [2.24, 2.45) is 0 Å². The molecule has 0 aliphatic rings. The molecular formula is C25H17N2NaO4. The van der Waals surface area contributed by atoms with Gasteiger partial charge in [0, 0.05) is 18.0 Å². The molecule has 0 aliphatic carbocycles. The van der Waals surface area contributed by atoms with Gasteiger partial charge in [0.15, 0.2) is 0 Å². The summed E-state index contributed by atoms with van der Waals surface area (Å²) >= 11 is 0. The van der Waals surface area contributed by atoms with Gasteiger partial charge in [0.2, 0.25) is 0 Å². The summed E-state index contributed by atoms with van der Waals surface area (Å²) in [4.78, 5) is 28.5. The van der Waals surface area contributed by atoms with E-state index in [-0.39, 0.29) is 52.1 Å². The van der Waals surface area contributed by atoms with E-state index in [2.05, 4.69) is 10.3 Å². The van der Waals surface area contributed by atoms with Crippen LogP contribution in [0.1, 0.15) is 20.7 Å². The van der Waals surface area contributed by atoms with Crippen LogP contribution in [0.2, 0.25) is 0 Å². The zero-order valence-electron chi connectivity index (χ0n) is 17.3. The van der Waals surface area contributed by atoms with Gasteiger partial charge in [-0.3, -0.25) is 9.78 Å². The Morgan fingerprint density at radius 2 is 1.38 bits per heavy atom. The Bertz CT molecular complexity index is 1260. The zero-order chi connectivity index (χ0) is 21.8. The molecule has 152 valence electrons. The smallest absolute Gasteiger partial charge is 0.545 e. The molecular weight excluding hydrogens is 415 g/mol. The molecule has 0 fully saturated rings. The third kappa shape index (κ3) is 5.06. The fourth-order valence-corrected chi connectivity index (χ4v) is 3.27. The largest absolute Gasteiger partial charge is 1.00 e. The van der Waals surface area contributed by atoms with Crippen LogP contribution in [0.25, 0.3) is 22.3 Å². The number of phenols is 1. The Morgan fingerprint density at radius 1 is 0.750 bits per heavy atom. The molecule has 0 spiro atoms. The maximum absolute atomic E-state index is 12.9. The van der Waals surface area contributed by atoms with Crippen molar-refractivity contribution in [1.29, 1.82) is 0 Å². The average Bonchev–Trinajstić information content (AvgIpc) is 2.80. The molecule has 4 rings (SSSR count). The number of amides is 1. The van der Waals surface area contributed by atoms with Crippen LogP contribution in [0, 0.1) is 0 Å². The van der Waals surface area contributed by atoms with Crippen molar-refractivity contribution in [2.45, 2.75) is 0 Å². The molecule has 1 amide bonds. The minimum atomic E-state index is -1.41. The van der Waals surface area contributed by atoms with Gasteiger partial charge in [-0.25, -0.2) is 0 Å². The van der Waals surface area contributed by atoms with Crippen molar-refractivity contribution in [3.05, 3.63) is 102 Å². The third-order valence-electron chi connectivity index (χ3n) is 4.85. The summed E-state index contributed by atoms with van der Waals surface area (Å²) < 4.78 is 0. The first-order valence-corrected chi connectivity index (χ1v) is 9.48. The second-order valence-corrected chi connectivity index (χ2v) is 6.84. The molecule has 4 aromatic rings. The van der Waals surface area contributed by atoms with Crippen LogP contribution in [0.5, 0.6) is 5.75 Å². The van der Waals surface area contributed by atoms with Crippen LogP contribution >= 0.6 is 0 Å². The van der Waals surface area contributed by atoms with Gasteiger partial charge in [-0.05, 0) is 52.6 Å². The predicted octanol–water partition coefficient (Wildman–Crippen LogP) is 0.741. The summed E-state index contributed by atoms with van der Waals surface area (Å²) in [5.41, 5.74) is 3.08. The number of pyridine rings is 1. The molecule has 0 radical (unpaired) electrons. The summed E-state index contributed by atoms with van der Waals surface area (Å²) in [6, 6.07) is 22.2. The van der Waals surface area contributed by atoms with E-state index in [1.807, 2.05) is 30.3 Å². The van der Waals surface area contributed by atoms with Gasteiger partial charge < -0.3 is 20.3 Å². The molecule has 0 saturated carbocycles. The molecule has 1 aromatic heterocycles. The number of carbonyl (C=O) groups is 2. The molecule has 3 aromatic carbocycles. The number of anilines is 1. The number of hydrogen-bond acceptors (Lipinski definition) is 5. The first kappa shape index (κ1) is 23.2. The van der Waals surface area contributed by atoms with Crippen LogP contribution in [0.4, 0.5) is 5.69 Å². The number of carbonyl (C=O) groups excluding carboxylic acids is 2. The first-order valence-electron chi connectivity index (χ1n) is 9.48. The number of aromatic hydroxyl groups is 1. The maximum Gasteiger partial charge on any atom is 1.00 e. The molecule has 0 saturated heterocycles. The first-order chi connectivity index (χ1) is 15.0. The summed E-state index contributed by atoms with van der Waals surface area (Å²) in [5, 5.41) is 24.4. The molecule has 0 unspecified atom stereocenters. The van der Waals surface area contributed by atoms with Crippen molar-refractivity contribution in [1.82, 2.24) is 4.98 Å². The number of aromatic carboxylic acids is 1. The Labute approximate surface area is 206 Å². The Morgan fingerprint density at radius 3 is 2.06 bits per heavy atom. The molecule has 7 heteroatoms. The second kappa shape index (κ2) is 10.2. The van der Waals surface area contributed by atoms with E-state index < -0.39 is 11.9 Å². The molecule has 0 bridgehead atoms. The van der Waals surface area contributed by atoms with Crippen molar-refractivity contribution < 1.29 is 49.4 Å². The van der Waals surface area contributed by atoms with E-state index in [1.54, 1.807) is 48.8 Å². The number of aromatic nitrogens is 1. The fraction of sp³-hybridized carbons (Fsp3) is 0. The number of hydrogen-bond donors (Lipinski definition) is 2. The van der Waals surface area contributed by atoms with Gasteiger partial charge in [-0.15, -0.1) is 0 Å². The van der Waals surface area contributed by atoms with Gasteiger partial charge in [0.25, 0.3) is 5.91 Å². The van der Waals surface area contributed by atoms with Crippen molar-refractivity contribution in [3.8, 4) is 28.0 Å². The summed E-state index contributed by atoms with van der Waals surface area (Å²) in [7, 11) is 0. The number of nitrogens with one attached hydrogen (secondary N) is 1. The number of rotatable bonds is 5. The van der Waals surface area contributed by atoms with Gasteiger partial charge in [-0.1, -0.05) is 48.5 Å². The van der Waals surface area contributed by atoms with Gasteiger partial charge in [0.05, 0.1) is 17.2 Å². The zero-order valence-corrected chi connectivity index (χ0v) is 19.3. The van der Waals surface area contributed by atoms with Crippen LogP contribution in [-0.4, -0.2) is 22.0 Å². The minimum Gasteiger partial charge on any atom is -0.545 e. The third-order valence-corrected chi connectivity index (χ3v) is 4.85. The number of carboxylic acids is 1. The Kier molecular flexibility index (Phi) is 7.43. The summed E-state index contributed by atoms with van der Waals surface area (Å²) in [6.45, 7) is 0. The van der Waals surface area contributed by atoms with Crippen molar-refractivity contribution in [3.63, 3.8) is 0 Å². The van der Waals surface area contributed by atoms with Gasteiger partial charge in [-0.2, -0.15) is 0 Å². The number of benzene rings is 3. The van der Waals surface area contributed by atoms with Gasteiger partial charge >= 0.3 is 29.6 Å². The molecule has 2 N–H and O–H groups in total. The maximum atomic E-state index is 12.9. The molecule has 0 aliphatic heterocycles. The molecule has 0 atom stereocenters. The number of carboxylic acid groups (broad SMARTS) is 1. The fourth-order valence-electron chi connectivity index (χ4n) is 3.27. The van der Waals surface area contributed by atoms with Crippen LogP contribution in [0.3, 0.4) is 0 Å². The van der Waals surface area contributed by atoms with Gasteiger partial charge in [0.1, 0.15) is 5.75 Å². The van der Waals surface area contributed by atoms with Crippen LogP contribution in [0.15, 0.2) is 91.3 Å². The van der Waals surface area contributed by atoms with Crippen LogP contribution in [-0.2, 0) is 0 Å². The molecule has 6 nitrogen and oxygen atoms in total. The monoisotopic (exact) mass is 432 g/mol. The SMILES string of the molecule is O=C(Nc1cc(-c2ccccc2)ccc1C(=O)[O-])c1cc(-c2ccncc2)ccc1O.[Na+]. The van der Waals surface area contributed by atoms with E-state index in [4.69, 9.17) is 0 Å². The minimum absolute atomic E-state index is 0. The van der Waals surface area contributed by atoms with Crippen molar-refractivity contribution in [2.75, 3.05) is 5.32 Å². The van der Waals surface area contributed by atoms with Crippen LogP contribution < -0.4 is 40.0 Å². The average molecular weight is 432 g/mol. The molecule has 32 heavy (non-hydrogen) atoms. The Balaban J connectivity index is 0.00000289. The summed E-state index contributed by atoms with van der Waals surface area (Å²) in [5.74, 6) is -2.27. The number of phenolic OH excluding ortho intramolecular Hbond substituents is 1. The van der Waals surface area contributed by atoms with Crippen molar-refractivity contribution >= 4 is 17.6 Å². The quantitative estimate of drug-likeness (QED) is 0.453. The summed E-state index contributed by atoms with van der Waals surface area (Å²) in [6.07, 6.45) is 3.26. The van der Waals surface area contributed by atoms with E-state index in [1.165, 1.54) is 12.1 Å². The Hall–Kier alpha value is -3.45. The van der Waals surface area contributed by atoms with E-state index in [9.17, 15) is 19.8 Å². The predicted molar refractivity (Wildman–Crippen MR) is 115 cm³/mol. The topological polar surface area (TPSA) is 102 Å². The van der Waals surface area contributed by atoms with E-state index in [0.29, 0.717) is 5.56 Å². The normalized spacial score (nSPS) is 10.1. The van der Waals surface area contributed by atoms with E-state index in [0.717, 1.165) is 16.7 Å².